The minimum atomic E-state index is -0.423. The third-order valence-corrected chi connectivity index (χ3v) is 3.23. The molecule has 0 atom stereocenters. The molecule has 0 spiro atoms. The maximum absolute atomic E-state index is 13.1. The highest BCUT2D eigenvalue weighted by Gasteiger charge is 2.07. The van der Waals surface area contributed by atoms with Crippen molar-refractivity contribution in [2.75, 3.05) is 20.1 Å². The first-order chi connectivity index (χ1) is 9.70. The van der Waals surface area contributed by atoms with Gasteiger partial charge in [-0.25, -0.2) is 4.39 Å². The summed E-state index contributed by atoms with van der Waals surface area (Å²) in [6, 6.07) is 8.35. The van der Waals surface area contributed by atoms with Crippen molar-refractivity contribution in [2.45, 2.75) is 13.0 Å². The van der Waals surface area contributed by atoms with Gasteiger partial charge in [0.05, 0.1) is 11.6 Å². The Morgan fingerprint density at radius 2 is 2.00 bits per heavy atom. The van der Waals surface area contributed by atoms with Gasteiger partial charge in [-0.05, 0) is 56.9 Å². The number of hydrogen-bond acceptors (Lipinski definition) is 3. The van der Waals surface area contributed by atoms with Crippen molar-refractivity contribution in [1.82, 2.24) is 10.6 Å². The summed E-state index contributed by atoms with van der Waals surface area (Å²) >= 11 is 5.77. The van der Waals surface area contributed by atoms with Crippen molar-refractivity contribution in [3.8, 4) is 11.3 Å². The number of benzene rings is 1. The maximum atomic E-state index is 13.1. The van der Waals surface area contributed by atoms with E-state index in [0.29, 0.717) is 12.3 Å². The summed E-state index contributed by atoms with van der Waals surface area (Å²) in [6.45, 7) is 2.60. The fourth-order valence-corrected chi connectivity index (χ4v) is 2.06. The minimum absolute atomic E-state index is 0. The molecule has 0 fully saturated rings. The van der Waals surface area contributed by atoms with Gasteiger partial charge in [0.1, 0.15) is 17.3 Å². The Balaban J connectivity index is 0.00000220. The molecule has 0 saturated heterocycles. The molecular formula is C15H19Cl2FN2O. The Morgan fingerprint density at radius 3 is 2.71 bits per heavy atom. The van der Waals surface area contributed by atoms with Crippen molar-refractivity contribution in [2.24, 2.45) is 0 Å². The van der Waals surface area contributed by atoms with E-state index in [1.165, 1.54) is 6.07 Å². The quantitative estimate of drug-likeness (QED) is 0.756. The summed E-state index contributed by atoms with van der Waals surface area (Å²) in [4.78, 5) is 0. The number of hydrogen-bond donors (Lipinski definition) is 2. The van der Waals surface area contributed by atoms with E-state index in [1.54, 1.807) is 12.1 Å². The van der Waals surface area contributed by atoms with Crippen molar-refractivity contribution in [1.29, 1.82) is 0 Å². The Kier molecular flexibility index (Phi) is 7.75. The summed E-state index contributed by atoms with van der Waals surface area (Å²) in [6.07, 6.45) is 1.07. The molecule has 0 unspecified atom stereocenters. The second kappa shape index (κ2) is 9.05. The lowest BCUT2D eigenvalue weighted by Gasteiger charge is -2.02. The highest BCUT2D eigenvalue weighted by molar-refractivity contribution is 6.31. The van der Waals surface area contributed by atoms with E-state index in [1.807, 2.05) is 19.2 Å². The average molecular weight is 333 g/mol. The first-order valence-electron chi connectivity index (χ1n) is 6.60. The van der Waals surface area contributed by atoms with Gasteiger partial charge in [-0.3, -0.25) is 0 Å². The third kappa shape index (κ3) is 5.32. The van der Waals surface area contributed by atoms with Gasteiger partial charge in [-0.1, -0.05) is 11.6 Å². The topological polar surface area (TPSA) is 37.2 Å². The SMILES string of the molecule is CNCCCNCc1ccc(-c2ccc(F)c(Cl)c2)o1.Cl. The van der Waals surface area contributed by atoms with Crippen LogP contribution in [0.5, 0.6) is 0 Å². The van der Waals surface area contributed by atoms with Crippen LogP contribution >= 0.6 is 24.0 Å². The van der Waals surface area contributed by atoms with Gasteiger partial charge in [0, 0.05) is 5.56 Å². The molecule has 2 N–H and O–H groups in total. The predicted octanol–water partition coefficient (Wildman–Crippen LogP) is 3.86. The molecular weight excluding hydrogens is 314 g/mol. The Bertz CT molecular complexity index is 560. The van der Waals surface area contributed by atoms with Crippen LogP contribution in [0.3, 0.4) is 0 Å². The first kappa shape index (κ1) is 18.0. The van der Waals surface area contributed by atoms with Crippen LogP contribution in [0.1, 0.15) is 12.2 Å². The third-order valence-electron chi connectivity index (χ3n) is 2.95. The highest BCUT2D eigenvalue weighted by atomic mass is 35.5. The molecule has 21 heavy (non-hydrogen) atoms. The van der Waals surface area contributed by atoms with Gasteiger partial charge in [0.15, 0.2) is 0 Å². The molecule has 116 valence electrons. The standard InChI is InChI=1S/C15H18ClFN2O.ClH/c1-18-7-2-8-19-10-12-4-6-15(20-12)11-3-5-14(17)13(16)9-11;/h3-6,9,18-19H,2,7-8,10H2,1H3;1H. The Hall–Kier alpha value is -1.07. The van der Waals surface area contributed by atoms with Crippen molar-refractivity contribution in [3.05, 3.63) is 46.9 Å². The number of rotatable bonds is 7. The molecule has 6 heteroatoms. The summed E-state index contributed by atoms with van der Waals surface area (Å²) in [5.74, 6) is 1.12. The van der Waals surface area contributed by atoms with Crippen molar-refractivity contribution < 1.29 is 8.81 Å². The van der Waals surface area contributed by atoms with Gasteiger partial charge >= 0.3 is 0 Å². The average Bonchev–Trinajstić information content (AvgIpc) is 2.90. The molecule has 0 aliphatic rings. The summed E-state index contributed by atoms with van der Waals surface area (Å²) < 4.78 is 18.8. The lowest BCUT2D eigenvalue weighted by Crippen LogP contribution is -2.19. The lowest BCUT2D eigenvalue weighted by molar-refractivity contribution is 0.490. The molecule has 0 saturated carbocycles. The van der Waals surface area contributed by atoms with E-state index in [9.17, 15) is 4.39 Å². The highest BCUT2D eigenvalue weighted by Crippen LogP contribution is 2.26. The summed E-state index contributed by atoms with van der Waals surface area (Å²) in [5.41, 5.74) is 0.776. The number of nitrogens with one attached hydrogen (secondary N) is 2. The molecule has 0 aliphatic heterocycles. The van der Waals surface area contributed by atoms with E-state index in [-0.39, 0.29) is 17.4 Å². The zero-order valence-corrected chi connectivity index (χ0v) is 13.4. The second-order valence-corrected chi connectivity index (χ2v) is 4.94. The molecule has 1 aromatic carbocycles. The monoisotopic (exact) mass is 332 g/mol. The number of halogens is 3. The Morgan fingerprint density at radius 1 is 1.19 bits per heavy atom. The van der Waals surface area contributed by atoms with Crippen LogP contribution in [0.2, 0.25) is 5.02 Å². The predicted molar refractivity (Wildman–Crippen MR) is 86.6 cm³/mol. The van der Waals surface area contributed by atoms with Crippen molar-refractivity contribution >= 4 is 24.0 Å². The van der Waals surface area contributed by atoms with Crippen LogP contribution in [-0.2, 0) is 6.54 Å². The molecule has 1 aromatic heterocycles. The van der Waals surface area contributed by atoms with Gasteiger partial charge < -0.3 is 15.1 Å². The van der Waals surface area contributed by atoms with Crippen molar-refractivity contribution in [3.63, 3.8) is 0 Å². The van der Waals surface area contributed by atoms with Crippen LogP contribution in [0.4, 0.5) is 4.39 Å². The normalized spacial score (nSPS) is 10.4. The van der Waals surface area contributed by atoms with Gasteiger partial charge in [-0.2, -0.15) is 0 Å². The van der Waals surface area contributed by atoms with E-state index in [4.69, 9.17) is 16.0 Å². The molecule has 0 aliphatic carbocycles. The van der Waals surface area contributed by atoms with E-state index in [2.05, 4.69) is 10.6 Å². The van der Waals surface area contributed by atoms with E-state index in [0.717, 1.165) is 30.8 Å². The van der Waals surface area contributed by atoms with Gasteiger partial charge in [0.25, 0.3) is 0 Å². The van der Waals surface area contributed by atoms with Gasteiger partial charge in [0.2, 0.25) is 0 Å². The van der Waals surface area contributed by atoms with Crippen LogP contribution in [0.25, 0.3) is 11.3 Å². The van der Waals surface area contributed by atoms with Crippen LogP contribution in [0, 0.1) is 5.82 Å². The molecule has 1 heterocycles. The fourth-order valence-electron chi connectivity index (χ4n) is 1.88. The fraction of sp³-hybridized carbons (Fsp3) is 0.333. The molecule has 0 radical (unpaired) electrons. The van der Waals surface area contributed by atoms with Crippen LogP contribution in [0.15, 0.2) is 34.7 Å². The molecule has 0 bridgehead atoms. The summed E-state index contributed by atoms with van der Waals surface area (Å²) in [5, 5.41) is 6.50. The van der Waals surface area contributed by atoms with E-state index < -0.39 is 5.82 Å². The summed E-state index contributed by atoms with van der Waals surface area (Å²) in [7, 11) is 1.94. The first-order valence-corrected chi connectivity index (χ1v) is 6.98. The Labute approximate surface area is 135 Å². The zero-order chi connectivity index (χ0) is 14.4. The molecule has 2 rings (SSSR count). The molecule has 0 amide bonds. The van der Waals surface area contributed by atoms with Gasteiger partial charge in [-0.15, -0.1) is 12.4 Å². The zero-order valence-electron chi connectivity index (χ0n) is 11.8. The minimum Gasteiger partial charge on any atom is -0.460 e. The van der Waals surface area contributed by atoms with Crippen LogP contribution < -0.4 is 10.6 Å². The second-order valence-electron chi connectivity index (χ2n) is 4.53. The maximum Gasteiger partial charge on any atom is 0.141 e. The number of furan rings is 1. The van der Waals surface area contributed by atoms with E-state index >= 15 is 0 Å². The molecule has 2 aromatic rings. The largest absolute Gasteiger partial charge is 0.460 e. The molecule has 3 nitrogen and oxygen atoms in total. The smallest absolute Gasteiger partial charge is 0.141 e. The lowest BCUT2D eigenvalue weighted by atomic mass is 10.2. The van der Waals surface area contributed by atoms with Crippen LogP contribution in [-0.4, -0.2) is 20.1 Å².